The van der Waals surface area contributed by atoms with Crippen molar-refractivity contribution in [1.82, 2.24) is 9.21 Å². The molecule has 1 aliphatic heterocycles. The lowest BCUT2D eigenvalue weighted by Crippen LogP contribution is -2.50. The zero-order valence-corrected chi connectivity index (χ0v) is 16.8. The molecule has 0 aliphatic carbocycles. The molecular formula is C20H24FN3O3S. The Hall–Kier alpha value is -2.29. The SMILES string of the molecule is Cc1ccc(NC(=O)CN2CCN(S(=O)(=O)c3ccccc3F)CC2)cc1C. The number of anilines is 1. The molecular weight excluding hydrogens is 381 g/mol. The van der Waals surface area contributed by atoms with E-state index in [1.54, 1.807) is 0 Å². The fourth-order valence-corrected chi connectivity index (χ4v) is 4.63. The Kier molecular flexibility index (Phi) is 6.12. The van der Waals surface area contributed by atoms with Crippen molar-refractivity contribution < 1.29 is 17.6 Å². The zero-order chi connectivity index (χ0) is 20.3. The third-order valence-electron chi connectivity index (χ3n) is 4.94. The first-order valence-corrected chi connectivity index (χ1v) is 10.6. The van der Waals surface area contributed by atoms with Crippen LogP contribution in [0.15, 0.2) is 47.4 Å². The standard InChI is InChI=1S/C20H24FN3O3S/c1-15-7-8-17(13-16(15)2)22-20(25)14-23-9-11-24(12-10-23)28(26,27)19-6-4-3-5-18(19)21/h3-8,13H,9-12,14H2,1-2H3,(H,22,25). The van der Waals surface area contributed by atoms with Gasteiger partial charge in [0.15, 0.2) is 0 Å². The van der Waals surface area contributed by atoms with Crippen molar-refractivity contribution in [3.8, 4) is 0 Å². The number of rotatable bonds is 5. The van der Waals surface area contributed by atoms with Crippen molar-refractivity contribution in [3.05, 3.63) is 59.4 Å². The minimum absolute atomic E-state index is 0.145. The molecule has 0 bridgehead atoms. The Labute approximate surface area is 165 Å². The van der Waals surface area contributed by atoms with Gasteiger partial charge in [0.05, 0.1) is 6.54 Å². The van der Waals surface area contributed by atoms with E-state index in [-0.39, 0.29) is 30.4 Å². The lowest BCUT2D eigenvalue weighted by Gasteiger charge is -2.33. The summed E-state index contributed by atoms with van der Waals surface area (Å²) < 4.78 is 40.4. The van der Waals surface area contributed by atoms with E-state index in [0.717, 1.165) is 22.9 Å². The summed E-state index contributed by atoms with van der Waals surface area (Å²) in [6.07, 6.45) is 0. The van der Waals surface area contributed by atoms with E-state index >= 15 is 0 Å². The molecule has 0 atom stereocenters. The second-order valence-corrected chi connectivity index (χ2v) is 8.86. The van der Waals surface area contributed by atoms with Gasteiger partial charge in [0.2, 0.25) is 15.9 Å². The monoisotopic (exact) mass is 405 g/mol. The summed E-state index contributed by atoms with van der Waals surface area (Å²) in [5.74, 6) is -0.897. The number of amides is 1. The normalized spacial score (nSPS) is 16.1. The molecule has 8 heteroatoms. The Bertz CT molecular complexity index is 970. The lowest BCUT2D eigenvalue weighted by molar-refractivity contribution is -0.117. The van der Waals surface area contributed by atoms with E-state index in [9.17, 15) is 17.6 Å². The molecule has 150 valence electrons. The Morgan fingerprint density at radius 3 is 2.36 bits per heavy atom. The van der Waals surface area contributed by atoms with Crippen LogP contribution in [0, 0.1) is 19.7 Å². The summed E-state index contributed by atoms with van der Waals surface area (Å²) in [5.41, 5.74) is 3.00. The lowest BCUT2D eigenvalue weighted by atomic mass is 10.1. The minimum atomic E-state index is -3.87. The van der Waals surface area contributed by atoms with Gasteiger partial charge in [-0.3, -0.25) is 9.69 Å². The van der Waals surface area contributed by atoms with Crippen LogP contribution < -0.4 is 5.32 Å². The van der Waals surface area contributed by atoms with Gasteiger partial charge in [-0.15, -0.1) is 0 Å². The molecule has 0 saturated carbocycles. The van der Waals surface area contributed by atoms with E-state index in [4.69, 9.17) is 0 Å². The number of carbonyl (C=O) groups is 1. The number of nitrogens with one attached hydrogen (secondary N) is 1. The quantitative estimate of drug-likeness (QED) is 0.829. The maximum absolute atomic E-state index is 13.9. The van der Waals surface area contributed by atoms with E-state index in [2.05, 4.69) is 5.32 Å². The largest absolute Gasteiger partial charge is 0.325 e. The van der Waals surface area contributed by atoms with Crippen LogP contribution in [-0.4, -0.2) is 56.3 Å². The Balaban J connectivity index is 1.56. The molecule has 1 N–H and O–H groups in total. The van der Waals surface area contributed by atoms with Crippen molar-refractivity contribution in [2.75, 3.05) is 38.0 Å². The van der Waals surface area contributed by atoms with Gasteiger partial charge in [0, 0.05) is 31.9 Å². The molecule has 1 aliphatic rings. The molecule has 0 radical (unpaired) electrons. The zero-order valence-electron chi connectivity index (χ0n) is 16.0. The summed E-state index contributed by atoms with van der Waals surface area (Å²) in [6, 6.07) is 11.1. The van der Waals surface area contributed by atoms with E-state index < -0.39 is 15.8 Å². The van der Waals surface area contributed by atoms with Crippen LogP contribution in [0.1, 0.15) is 11.1 Å². The number of hydrogen-bond acceptors (Lipinski definition) is 4. The highest BCUT2D eigenvalue weighted by molar-refractivity contribution is 7.89. The molecule has 0 aromatic heterocycles. The fraction of sp³-hybridized carbons (Fsp3) is 0.350. The molecule has 1 fully saturated rings. The molecule has 2 aromatic carbocycles. The summed E-state index contributed by atoms with van der Waals surface area (Å²) in [4.78, 5) is 13.9. The van der Waals surface area contributed by atoms with Crippen molar-refractivity contribution in [2.24, 2.45) is 0 Å². The molecule has 0 unspecified atom stereocenters. The van der Waals surface area contributed by atoms with E-state index in [1.807, 2.05) is 36.9 Å². The molecule has 1 saturated heterocycles. The fourth-order valence-electron chi connectivity index (χ4n) is 3.14. The number of aryl methyl sites for hydroxylation is 2. The van der Waals surface area contributed by atoms with Gasteiger partial charge >= 0.3 is 0 Å². The average molecular weight is 405 g/mol. The third kappa shape index (κ3) is 4.57. The van der Waals surface area contributed by atoms with Gasteiger partial charge in [0.1, 0.15) is 10.7 Å². The summed E-state index contributed by atoms with van der Waals surface area (Å²) in [7, 11) is -3.87. The van der Waals surface area contributed by atoms with E-state index in [1.165, 1.54) is 22.5 Å². The number of carbonyl (C=O) groups excluding carboxylic acids is 1. The third-order valence-corrected chi connectivity index (χ3v) is 6.88. The molecule has 0 spiro atoms. The first-order chi connectivity index (χ1) is 13.3. The molecule has 28 heavy (non-hydrogen) atoms. The second kappa shape index (κ2) is 8.38. The topological polar surface area (TPSA) is 69.7 Å². The van der Waals surface area contributed by atoms with E-state index in [0.29, 0.717) is 13.1 Å². The first-order valence-electron chi connectivity index (χ1n) is 9.11. The maximum Gasteiger partial charge on any atom is 0.246 e. The highest BCUT2D eigenvalue weighted by Gasteiger charge is 2.30. The number of piperazine rings is 1. The van der Waals surface area contributed by atoms with Crippen molar-refractivity contribution >= 4 is 21.6 Å². The summed E-state index contributed by atoms with van der Waals surface area (Å²) in [6.45, 7) is 5.43. The number of halogens is 1. The Morgan fingerprint density at radius 1 is 1.04 bits per heavy atom. The second-order valence-electron chi connectivity index (χ2n) is 6.96. The Morgan fingerprint density at radius 2 is 1.71 bits per heavy atom. The van der Waals surface area contributed by atoms with Crippen molar-refractivity contribution in [1.29, 1.82) is 0 Å². The first kappa shape index (κ1) is 20.4. The number of benzene rings is 2. The predicted octanol–water partition coefficient (Wildman–Crippen LogP) is 2.39. The summed E-state index contributed by atoms with van der Waals surface area (Å²) in [5, 5.41) is 2.87. The predicted molar refractivity (Wildman–Crippen MR) is 106 cm³/mol. The van der Waals surface area contributed by atoms with Crippen LogP contribution in [0.2, 0.25) is 0 Å². The van der Waals surface area contributed by atoms with Crippen LogP contribution >= 0.6 is 0 Å². The van der Waals surface area contributed by atoms with Crippen LogP contribution in [0.25, 0.3) is 0 Å². The molecule has 1 heterocycles. The molecule has 6 nitrogen and oxygen atoms in total. The van der Waals surface area contributed by atoms with Crippen LogP contribution in [-0.2, 0) is 14.8 Å². The number of hydrogen-bond donors (Lipinski definition) is 1. The van der Waals surface area contributed by atoms with Crippen molar-refractivity contribution in [2.45, 2.75) is 18.7 Å². The van der Waals surface area contributed by atoms with Crippen LogP contribution in [0.4, 0.5) is 10.1 Å². The number of sulfonamides is 1. The van der Waals surface area contributed by atoms with Gasteiger partial charge in [-0.2, -0.15) is 4.31 Å². The van der Waals surface area contributed by atoms with Gasteiger partial charge in [-0.1, -0.05) is 18.2 Å². The minimum Gasteiger partial charge on any atom is -0.325 e. The van der Waals surface area contributed by atoms with Crippen LogP contribution in [0.5, 0.6) is 0 Å². The molecule has 3 rings (SSSR count). The molecule has 2 aromatic rings. The highest BCUT2D eigenvalue weighted by atomic mass is 32.2. The smallest absolute Gasteiger partial charge is 0.246 e. The average Bonchev–Trinajstić information content (AvgIpc) is 2.65. The number of nitrogens with zero attached hydrogens (tertiary/aromatic N) is 2. The highest BCUT2D eigenvalue weighted by Crippen LogP contribution is 2.20. The molecule has 1 amide bonds. The van der Waals surface area contributed by atoms with Gasteiger partial charge in [-0.25, -0.2) is 12.8 Å². The van der Waals surface area contributed by atoms with Crippen molar-refractivity contribution in [3.63, 3.8) is 0 Å². The summed E-state index contributed by atoms with van der Waals surface area (Å²) >= 11 is 0. The van der Waals surface area contributed by atoms with Crippen LogP contribution in [0.3, 0.4) is 0 Å². The van der Waals surface area contributed by atoms with Gasteiger partial charge < -0.3 is 5.32 Å². The van der Waals surface area contributed by atoms with Gasteiger partial charge in [-0.05, 0) is 49.2 Å². The maximum atomic E-state index is 13.9. The van der Waals surface area contributed by atoms with Gasteiger partial charge in [0.25, 0.3) is 0 Å².